The number of nitrogens with zero attached hydrogens (tertiary/aromatic N) is 3. The van der Waals surface area contributed by atoms with Crippen LogP contribution in [0.5, 0.6) is 0 Å². The molecule has 27 heavy (non-hydrogen) atoms. The molecule has 1 fully saturated rings. The fraction of sp³-hybridized carbons (Fsp3) is 0.500. The summed E-state index contributed by atoms with van der Waals surface area (Å²) >= 11 is 0. The minimum atomic E-state index is 0. The monoisotopic (exact) mass is 483 g/mol. The molecule has 1 saturated heterocycles. The largest absolute Gasteiger partial charge is 0.469 e. The van der Waals surface area contributed by atoms with Gasteiger partial charge in [0.1, 0.15) is 5.76 Å². The van der Waals surface area contributed by atoms with Crippen LogP contribution in [-0.2, 0) is 13.0 Å². The van der Waals surface area contributed by atoms with Crippen molar-refractivity contribution in [2.75, 3.05) is 26.2 Å². The van der Waals surface area contributed by atoms with Crippen molar-refractivity contribution in [3.8, 4) is 0 Å². The van der Waals surface area contributed by atoms with Crippen molar-refractivity contribution in [1.82, 2.24) is 20.5 Å². The Labute approximate surface area is 178 Å². The number of likely N-dealkylation sites (N-methyl/N-ethyl adjacent to an activating group) is 1. The lowest BCUT2D eigenvalue weighted by atomic mass is 10.2. The smallest absolute Gasteiger partial charge is 0.191 e. The second-order valence-electron chi connectivity index (χ2n) is 6.55. The van der Waals surface area contributed by atoms with Crippen molar-refractivity contribution in [3.63, 3.8) is 0 Å². The average Bonchev–Trinajstić information content (AvgIpc) is 3.35. The minimum absolute atomic E-state index is 0. The van der Waals surface area contributed by atoms with Gasteiger partial charge in [-0.1, -0.05) is 13.0 Å². The van der Waals surface area contributed by atoms with Crippen molar-refractivity contribution in [2.24, 2.45) is 4.99 Å². The number of rotatable bonds is 8. The Kier molecular flexibility index (Phi) is 9.61. The molecule has 3 heterocycles. The van der Waals surface area contributed by atoms with Crippen LogP contribution < -0.4 is 10.6 Å². The standard InChI is InChI=1S/C20H29N5O.HI/c1-2-25-13-5-8-18(25)16-24-20(22-12-10-19-9-6-14-26-19)23-15-17-7-3-4-11-21-17;/h3-4,6-7,9,11,14,18H,2,5,8,10,12-13,15-16H2,1H3,(H2,22,23,24);1H. The van der Waals surface area contributed by atoms with Gasteiger partial charge in [-0.05, 0) is 50.2 Å². The normalized spacial score (nSPS) is 17.5. The molecule has 0 aliphatic carbocycles. The molecule has 2 aromatic rings. The molecule has 1 unspecified atom stereocenters. The Morgan fingerprint density at radius 3 is 2.96 bits per heavy atom. The Morgan fingerprint density at radius 1 is 1.30 bits per heavy atom. The van der Waals surface area contributed by atoms with E-state index in [2.05, 4.69) is 27.4 Å². The number of guanidine groups is 1. The van der Waals surface area contributed by atoms with Gasteiger partial charge in [0.15, 0.2) is 5.96 Å². The number of likely N-dealkylation sites (tertiary alicyclic amines) is 1. The van der Waals surface area contributed by atoms with E-state index in [0.29, 0.717) is 12.6 Å². The maximum Gasteiger partial charge on any atom is 0.191 e. The summed E-state index contributed by atoms with van der Waals surface area (Å²) in [5.74, 6) is 1.82. The molecule has 1 atom stereocenters. The zero-order valence-corrected chi connectivity index (χ0v) is 18.3. The number of halogens is 1. The highest BCUT2D eigenvalue weighted by Crippen LogP contribution is 2.15. The predicted molar refractivity (Wildman–Crippen MR) is 119 cm³/mol. The number of pyridine rings is 1. The highest BCUT2D eigenvalue weighted by molar-refractivity contribution is 14.0. The summed E-state index contributed by atoms with van der Waals surface area (Å²) < 4.78 is 5.40. The molecule has 0 radical (unpaired) electrons. The third-order valence-corrected chi connectivity index (χ3v) is 4.78. The topological polar surface area (TPSA) is 65.7 Å². The van der Waals surface area contributed by atoms with Gasteiger partial charge in [-0.3, -0.25) is 9.88 Å². The molecular formula is C20H30IN5O. The summed E-state index contributed by atoms with van der Waals surface area (Å²) in [6, 6.07) is 10.4. The summed E-state index contributed by atoms with van der Waals surface area (Å²) in [6.07, 6.45) is 6.89. The van der Waals surface area contributed by atoms with Crippen molar-refractivity contribution in [3.05, 3.63) is 54.2 Å². The van der Waals surface area contributed by atoms with Gasteiger partial charge in [0.2, 0.25) is 0 Å². The van der Waals surface area contributed by atoms with E-state index in [1.807, 2.05) is 30.3 Å². The molecule has 0 aromatic carbocycles. The third-order valence-electron chi connectivity index (χ3n) is 4.78. The molecule has 0 bridgehead atoms. The van der Waals surface area contributed by atoms with Crippen LogP contribution in [0.2, 0.25) is 0 Å². The lowest BCUT2D eigenvalue weighted by Crippen LogP contribution is -2.45. The molecule has 1 aliphatic heterocycles. The van der Waals surface area contributed by atoms with Crippen molar-refractivity contribution < 1.29 is 4.42 Å². The van der Waals surface area contributed by atoms with Gasteiger partial charge in [0.25, 0.3) is 0 Å². The Morgan fingerprint density at radius 2 is 2.22 bits per heavy atom. The molecule has 3 rings (SSSR count). The van der Waals surface area contributed by atoms with Gasteiger partial charge < -0.3 is 15.1 Å². The summed E-state index contributed by atoms with van der Waals surface area (Å²) in [7, 11) is 0. The highest BCUT2D eigenvalue weighted by atomic mass is 127. The van der Waals surface area contributed by atoms with Gasteiger partial charge in [-0.2, -0.15) is 0 Å². The van der Waals surface area contributed by atoms with Crippen LogP contribution >= 0.6 is 24.0 Å². The number of aromatic nitrogens is 1. The second-order valence-corrected chi connectivity index (χ2v) is 6.55. The van der Waals surface area contributed by atoms with Crippen molar-refractivity contribution in [1.29, 1.82) is 0 Å². The fourth-order valence-corrected chi connectivity index (χ4v) is 3.34. The zero-order chi connectivity index (χ0) is 18.0. The van der Waals surface area contributed by atoms with E-state index in [1.165, 1.54) is 19.4 Å². The van der Waals surface area contributed by atoms with Crippen molar-refractivity contribution >= 4 is 29.9 Å². The number of furan rings is 1. The van der Waals surface area contributed by atoms with Crippen LogP contribution in [0.25, 0.3) is 0 Å². The molecular weight excluding hydrogens is 453 g/mol. The van der Waals surface area contributed by atoms with E-state index in [1.54, 1.807) is 12.5 Å². The summed E-state index contributed by atoms with van der Waals surface area (Å²) in [5, 5.41) is 6.93. The quantitative estimate of drug-likeness (QED) is 0.343. The van der Waals surface area contributed by atoms with Gasteiger partial charge in [-0.15, -0.1) is 24.0 Å². The maximum absolute atomic E-state index is 5.40. The lowest BCUT2D eigenvalue weighted by Gasteiger charge is -2.24. The number of hydrogen-bond donors (Lipinski definition) is 2. The van der Waals surface area contributed by atoms with Crippen LogP contribution in [0.3, 0.4) is 0 Å². The van der Waals surface area contributed by atoms with E-state index < -0.39 is 0 Å². The number of hydrogen-bond acceptors (Lipinski definition) is 4. The first-order valence-corrected chi connectivity index (χ1v) is 9.53. The van der Waals surface area contributed by atoms with Gasteiger partial charge in [0.05, 0.1) is 18.5 Å². The van der Waals surface area contributed by atoms with Crippen LogP contribution in [0.1, 0.15) is 31.2 Å². The third kappa shape index (κ3) is 7.14. The second kappa shape index (κ2) is 12.0. The molecule has 0 amide bonds. The van der Waals surface area contributed by atoms with Gasteiger partial charge >= 0.3 is 0 Å². The molecule has 2 N–H and O–H groups in total. The molecule has 0 spiro atoms. The predicted octanol–water partition coefficient (Wildman–Crippen LogP) is 3.05. The van der Waals surface area contributed by atoms with E-state index >= 15 is 0 Å². The van der Waals surface area contributed by atoms with E-state index in [4.69, 9.17) is 9.41 Å². The summed E-state index contributed by atoms with van der Waals surface area (Å²) in [5.41, 5.74) is 0.968. The van der Waals surface area contributed by atoms with Crippen LogP contribution in [0.15, 0.2) is 52.2 Å². The van der Waals surface area contributed by atoms with Crippen LogP contribution in [-0.4, -0.2) is 48.1 Å². The lowest BCUT2D eigenvalue weighted by molar-refractivity contribution is 0.267. The Bertz CT molecular complexity index is 662. The SMILES string of the molecule is CCN1CCCC1CNC(=NCc1ccccn1)NCCc1ccco1.I. The van der Waals surface area contributed by atoms with E-state index in [-0.39, 0.29) is 24.0 Å². The van der Waals surface area contributed by atoms with Crippen molar-refractivity contribution in [2.45, 2.75) is 38.8 Å². The summed E-state index contributed by atoms with van der Waals surface area (Å²) in [6.45, 7) is 6.81. The highest BCUT2D eigenvalue weighted by Gasteiger charge is 2.22. The summed E-state index contributed by atoms with van der Waals surface area (Å²) in [4.78, 5) is 11.6. The first-order valence-electron chi connectivity index (χ1n) is 9.53. The van der Waals surface area contributed by atoms with E-state index in [9.17, 15) is 0 Å². The first-order chi connectivity index (χ1) is 12.8. The number of nitrogens with one attached hydrogen (secondary N) is 2. The number of aliphatic imine (C=N–C) groups is 1. The van der Waals surface area contributed by atoms with Crippen LogP contribution in [0.4, 0.5) is 0 Å². The molecule has 148 valence electrons. The van der Waals surface area contributed by atoms with Gasteiger partial charge in [0, 0.05) is 31.7 Å². The molecule has 2 aromatic heterocycles. The van der Waals surface area contributed by atoms with Crippen LogP contribution in [0, 0.1) is 0 Å². The van der Waals surface area contributed by atoms with Gasteiger partial charge in [-0.25, -0.2) is 4.99 Å². The van der Waals surface area contributed by atoms with E-state index in [0.717, 1.165) is 43.5 Å². The fourth-order valence-electron chi connectivity index (χ4n) is 3.34. The molecule has 7 heteroatoms. The average molecular weight is 483 g/mol. The molecule has 1 aliphatic rings. The maximum atomic E-state index is 5.40. The zero-order valence-electron chi connectivity index (χ0n) is 15.9. The Hall–Kier alpha value is -1.61. The molecule has 6 nitrogen and oxygen atoms in total. The molecule has 0 saturated carbocycles. The Balaban J connectivity index is 0.00000261. The first kappa shape index (κ1) is 21.7. The minimum Gasteiger partial charge on any atom is -0.469 e.